The topological polar surface area (TPSA) is 55.1 Å². The summed E-state index contributed by atoms with van der Waals surface area (Å²) >= 11 is 0. The summed E-state index contributed by atoms with van der Waals surface area (Å²) in [4.78, 5) is 10.6. The van der Waals surface area contributed by atoms with Gasteiger partial charge in [0.1, 0.15) is 5.69 Å². The van der Waals surface area contributed by atoms with Crippen molar-refractivity contribution >= 4 is 5.97 Å². The molecule has 4 nitrogen and oxygen atoms in total. The highest BCUT2D eigenvalue weighted by atomic mass is 16.4. The summed E-state index contributed by atoms with van der Waals surface area (Å²) in [6.45, 7) is 0. The van der Waals surface area contributed by atoms with Crippen molar-refractivity contribution in [3.05, 3.63) is 18.0 Å². The lowest BCUT2D eigenvalue weighted by molar-refractivity contribution is 0.0683. The Morgan fingerprint density at radius 3 is 3.00 bits per heavy atom. The molecule has 0 atom stereocenters. The summed E-state index contributed by atoms with van der Waals surface area (Å²) in [6, 6.07) is 1.87. The molecule has 1 saturated carbocycles. The Bertz CT molecular complexity index is 288. The normalized spacial score (nSPS) is 16.7. The number of carbonyl (C=O) groups is 1. The third-order valence-electron chi connectivity index (χ3n) is 1.78. The first-order chi connectivity index (χ1) is 5.29. The number of carboxylic acids is 1. The van der Waals surface area contributed by atoms with Crippen LogP contribution in [-0.2, 0) is 0 Å². The molecule has 0 aromatic carbocycles. The number of carboxylic acid groups (broad SMARTS) is 1. The Morgan fingerprint density at radius 1 is 1.73 bits per heavy atom. The van der Waals surface area contributed by atoms with E-state index in [-0.39, 0.29) is 0 Å². The maximum atomic E-state index is 10.6. The van der Waals surface area contributed by atoms with Crippen LogP contribution in [0.1, 0.15) is 29.4 Å². The number of hydrogen-bond acceptors (Lipinski definition) is 2. The van der Waals surface area contributed by atoms with Gasteiger partial charge in [-0.15, -0.1) is 0 Å². The Balaban J connectivity index is 2.37. The van der Waals surface area contributed by atoms with Gasteiger partial charge in [-0.3, -0.25) is 4.68 Å². The van der Waals surface area contributed by atoms with Crippen LogP contribution in [0, 0.1) is 0 Å². The average molecular weight is 152 g/mol. The van der Waals surface area contributed by atoms with E-state index < -0.39 is 5.97 Å². The van der Waals surface area contributed by atoms with Gasteiger partial charge in [0.05, 0.1) is 6.04 Å². The molecule has 0 amide bonds. The van der Waals surface area contributed by atoms with Crippen LogP contribution < -0.4 is 0 Å². The lowest BCUT2D eigenvalue weighted by atomic mass is 10.4. The molecular weight excluding hydrogens is 144 g/mol. The SMILES string of the molecule is O=C(O)c1ccnn1C1CC1. The molecule has 11 heavy (non-hydrogen) atoms. The van der Waals surface area contributed by atoms with Crippen molar-refractivity contribution in [2.45, 2.75) is 18.9 Å². The highest BCUT2D eigenvalue weighted by molar-refractivity contribution is 5.85. The Labute approximate surface area is 63.4 Å². The molecule has 2 rings (SSSR count). The van der Waals surface area contributed by atoms with Crippen molar-refractivity contribution < 1.29 is 9.90 Å². The molecule has 4 heteroatoms. The standard InChI is InChI=1S/C7H8N2O2/c10-7(11)6-3-4-8-9(6)5-1-2-5/h3-5H,1-2H2,(H,10,11). The average Bonchev–Trinajstić information content (AvgIpc) is 2.68. The minimum Gasteiger partial charge on any atom is -0.477 e. The second-order valence-electron chi connectivity index (χ2n) is 2.70. The zero-order chi connectivity index (χ0) is 7.84. The minimum absolute atomic E-state index is 0.299. The van der Waals surface area contributed by atoms with Gasteiger partial charge in [-0.1, -0.05) is 0 Å². The minimum atomic E-state index is -0.894. The largest absolute Gasteiger partial charge is 0.477 e. The fraction of sp³-hybridized carbons (Fsp3) is 0.429. The number of nitrogens with zero attached hydrogens (tertiary/aromatic N) is 2. The molecule has 0 bridgehead atoms. The van der Waals surface area contributed by atoms with Gasteiger partial charge < -0.3 is 5.11 Å². The predicted octanol–water partition coefficient (Wildman–Crippen LogP) is 0.916. The molecule has 1 aliphatic rings. The molecule has 1 N–H and O–H groups in total. The van der Waals surface area contributed by atoms with Crippen molar-refractivity contribution in [1.29, 1.82) is 0 Å². The molecule has 0 spiro atoms. The van der Waals surface area contributed by atoms with Gasteiger partial charge in [-0.25, -0.2) is 4.79 Å². The van der Waals surface area contributed by atoms with Crippen LogP contribution in [0.5, 0.6) is 0 Å². The first-order valence-electron chi connectivity index (χ1n) is 3.56. The first-order valence-corrected chi connectivity index (χ1v) is 3.56. The summed E-state index contributed by atoms with van der Waals surface area (Å²) in [5.74, 6) is -0.894. The van der Waals surface area contributed by atoms with Gasteiger partial charge in [-0.05, 0) is 18.9 Å². The molecule has 1 heterocycles. The Hall–Kier alpha value is -1.32. The van der Waals surface area contributed by atoms with E-state index in [1.54, 1.807) is 4.68 Å². The summed E-state index contributed by atoms with van der Waals surface area (Å²) in [5.41, 5.74) is 0.299. The van der Waals surface area contributed by atoms with Crippen LogP contribution in [0.15, 0.2) is 12.3 Å². The van der Waals surface area contributed by atoms with E-state index in [1.165, 1.54) is 12.3 Å². The molecule has 0 saturated heterocycles. The predicted molar refractivity (Wildman–Crippen MR) is 37.5 cm³/mol. The maximum Gasteiger partial charge on any atom is 0.354 e. The lowest BCUT2D eigenvalue weighted by Gasteiger charge is -1.99. The molecule has 0 aliphatic heterocycles. The Kier molecular flexibility index (Phi) is 1.21. The number of aromatic carboxylic acids is 1. The highest BCUT2D eigenvalue weighted by Crippen LogP contribution is 2.34. The molecule has 1 fully saturated rings. The van der Waals surface area contributed by atoms with E-state index in [1.807, 2.05) is 0 Å². The van der Waals surface area contributed by atoms with Gasteiger partial charge in [0.25, 0.3) is 0 Å². The molecule has 1 aliphatic carbocycles. The summed E-state index contributed by atoms with van der Waals surface area (Å²) in [7, 11) is 0. The molecular formula is C7H8N2O2. The molecule has 0 unspecified atom stereocenters. The summed E-state index contributed by atoms with van der Waals surface area (Å²) in [6.07, 6.45) is 3.64. The summed E-state index contributed by atoms with van der Waals surface area (Å²) < 4.78 is 1.59. The Morgan fingerprint density at radius 2 is 2.45 bits per heavy atom. The van der Waals surface area contributed by atoms with Crippen LogP contribution in [0.2, 0.25) is 0 Å². The monoisotopic (exact) mass is 152 g/mol. The maximum absolute atomic E-state index is 10.6. The fourth-order valence-corrected chi connectivity index (χ4v) is 1.09. The molecule has 1 aromatic rings. The molecule has 0 radical (unpaired) electrons. The number of hydrogen-bond donors (Lipinski definition) is 1. The van der Waals surface area contributed by atoms with Crippen molar-refractivity contribution in [2.24, 2.45) is 0 Å². The van der Waals surface area contributed by atoms with E-state index in [4.69, 9.17) is 5.11 Å². The lowest BCUT2D eigenvalue weighted by Crippen LogP contribution is -2.07. The van der Waals surface area contributed by atoms with Gasteiger partial charge in [-0.2, -0.15) is 5.10 Å². The van der Waals surface area contributed by atoms with Crippen LogP contribution in [0.25, 0.3) is 0 Å². The number of aromatic nitrogens is 2. The van der Waals surface area contributed by atoms with Gasteiger partial charge in [0.15, 0.2) is 0 Å². The van der Waals surface area contributed by atoms with Crippen LogP contribution in [0.4, 0.5) is 0 Å². The quantitative estimate of drug-likeness (QED) is 0.685. The first kappa shape index (κ1) is 6.39. The van der Waals surface area contributed by atoms with Crippen molar-refractivity contribution in [2.75, 3.05) is 0 Å². The van der Waals surface area contributed by atoms with E-state index in [0.717, 1.165) is 12.8 Å². The second-order valence-corrected chi connectivity index (χ2v) is 2.70. The van der Waals surface area contributed by atoms with Gasteiger partial charge >= 0.3 is 5.97 Å². The van der Waals surface area contributed by atoms with Crippen LogP contribution >= 0.6 is 0 Å². The molecule has 1 aromatic heterocycles. The molecule has 58 valence electrons. The highest BCUT2D eigenvalue weighted by Gasteiger charge is 2.27. The van der Waals surface area contributed by atoms with E-state index >= 15 is 0 Å². The smallest absolute Gasteiger partial charge is 0.354 e. The third kappa shape index (κ3) is 1.00. The van der Waals surface area contributed by atoms with Crippen LogP contribution in [-0.4, -0.2) is 20.9 Å². The third-order valence-corrected chi connectivity index (χ3v) is 1.78. The number of rotatable bonds is 2. The van der Waals surface area contributed by atoms with Gasteiger partial charge in [0, 0.05) is 6.20 Å². The van der Waals surface area contributed by atoms with E-state index in [9.17, 15) is 4.79 Å². The van der Waals surface area contributed by atoms with E-state index in [0.29, 0.717) is 11.7 Å². The second kappa shape index (κ2) is 2.08. The summed E-state index contributed by atoms with van der Waals surface area (Å²) in [5, 5.41) is 12.6. The van der Waals surface area contributed by atoms with E-state index in [2.05, 4.69) is 5.10 Å². The fourth-order valence-electron chi connectivity index (χ4n) is 1.09. The van der Waals surface area contributed by atoms with Crippen molar-refractivity contribution in [3.8, 4) is 0 Å². The zero-order valence-electron chi connectivity index (χ0n) is 5.90. The van der Waals surface area contributed by atoms with Crippen molar-refractivity contribution in [3.63, 3.8) is 0 Å². The zero-order valence-corrected chi connectivity index (χ0v) is 5.90. The van der Waals surface area contributed by atoms with Gasteiger partial charge in [0.2, 0.25) is 0 Å². The van der Waals surface area contributed by atoms with Crippen LogP contribution in [0.3, 0.4) is 0 Å². The van der Waals surface area contributed by atoms with Crippen molar-refractivity contribution in [1.82, 2.24) is 9.78 Å².